The molecule has 5 nitrogen and oxygen atoms in total. The van der Waals surface area contributed by atoms with Crippen LogP contribution in [0.4, 0.5) is 0 Å². The van der Waals surface area contributed by atoms with Crippen molar-refractivity contribution >= 4 is 28.8 Å². The summed E-state index contributed by atoms with van der Waals surface area (Å²) in [6.45, 7) is 0. The van der Waals surface area contributed by atoms with Gasteiger partial charge in [0.15, 0.2) is 6.29 Å². The summed E-state index contributed by atoms with van der Waals surface area (Å²) in [5.41, 5.74) is 0.849. The predicted octanol–water partition coefficient (Wildman–Crippen LogP) is 1.43. The maximum Gasteiger partial charge on any atom is 0.242 e. The second kappa shape index (κ2) is 3.26. The smallest absolute Gasteiger partial charge is 0.242 e. The molecule has 6 heteroatoms. The number of carbonyl (C=O) groups is 1. The summed E-state index contributed by atoms with van der Waals surface area (Å²) in [4.78, 5) is 14.6. The quantitative estimate of drug-likeness (QED) is 0.603. The van der Waals surface area contributed by atoms with Crippen LogP contribution in [0.2, 0.25) is 5.15 Å². The normalized spacial score (nSPS) is 10.4. The largest absolute Gasteiger partial charge is 0.479 e. The summed E-state index contributed by atoms with van der Waals surface area (Å²) in [5, 5.41) is 7.34. The van der Waals surface area contributed by atoms with E-state index in [-0.39, 0.29) is 10.8 Å². The van der Waals surface area contributed by atoms with Gasteiger partial charge in [-0.15, -0.1) is 5.10 Å². The molecule has 0 atom stereocenters. The highest BCUT2D eigenvalue weighted by molar-refractivity contribution is 6.30. The number of pyridine rings is 1. The predicted molar refractivity (Wildman–Crippen MR) is 50.8 cm³/mol. The first-order valence-corrected chi connectivity index (χ1v) is 4.18. The van der Waals surface area contributed by atoms with Crippen LogP contribution in [-0.2, 0) is 0 Å². The molecule has 0 spiro atoms. The van der Waals surface area contributed by atoms with Crippen molar-refractivity contribution in [1.29, 1.82) is 0 Å². The van der Waals surface area contributed by atoms with E-state index >= 15 is 0 Å². The maximum absolute atomic E-state index is 10.7. The van der Waals surface area contributed by atoms with E-state index < -0.39 is 0 Å². The zero-order valence-electron chi connectivity index (χ0n) is 7.24. The van der Waals surface area contributed by atoms with Crippen molar-refractivity contribution < 1.29 is 9.53 Å². The fourth-order valence-electron chi connectivity index (χ4n) is 1.25. The minimum absolute atomic E-state index is 0.220. The van der Waals surface area contributed by atoms with Crippen molar-refractivity contribution in [3.8, 4) is 5.88 Å². The summed E-state index contributed by atoms with van der Waals surface area (Å²) in [6, 6.07) is 1.58. The molecule has 2 rings (SSSR count). The van der Waals surface area contributed by atoms with Gasteiger partial charge in [0.25, 0.3) is 0 Å². The van der Waals surface area contributed by atoms with E-state index in [2.05, 4.69) is 15.2 Å². The first kappa shape index (κ1) is 8.96. The summed E-state index contributed by atoms with van der Waals surface area (Å²) < 4.78 is 4.97. The third-order valence-electron chi connectivity index (χ3n) is 1.81. The summed E-state index contributed by atoms with van der Waals surface area (Å²) in [7, 11) is 1.47. The molecule has 0 radical (unpaired) electrons. The molecule has 2 aromatic rings. The van der Waals surface area contributed by atoms with E-state index in [0.29, 0.717) is 23.1 Å². The van der Waals surface area contributed by atoms with Crippen LogP contribution in [0.1, 0.15) is 10.5 Å². The van der Waals surface area contributed by atoms with Gasteiger partial charge in [-0.05, 0) is 0 Å². The van der Waals surface area contributed by atoms with Gasteiger partial charge >= 0.3 is 0 Å². The lowest BCUT2D eigenvalue weighted by atomic mass is 10.2. The second-order valence-corrected chi connectivity index (χ2v) is 2.99. The first-order valence-electron chi connectivity index (χ1n) is 3.80. The van der Waals surface area contributed by atoms with Crippen molar-refractivity contribution in [1.82, 2.24) is 15.2 Å². The number of hydrogen-bond donors (Lipinski definition) is 1. The van der Waals surface area contributed by atoms with Gasteiger partial charge in [0.2, 0.25) is 5.88 Å². The Bertz CT molecular complexity index is 495. The van der Waals surface area contributed by atoms with E-state index in [9.17, 15) is 4.79 Å². The van der Waals surface area contributed by atoms with E-state index in [1.165, 1.54) is 7.11 Å². The van der Waals surface area contributed by atoms with Crippen LogP contribution >= 0.6 is 11.6 Å². The summed E-state index contributed by atoms with van der Waals surface area (Å²) in [6.07, 6.45) is 0.617. The van der Waals surface area contributed by atoms with Gasteiger partial charge in [-0.2, -0.15) is 0 Å². The molecular weight excluding hydrogens is 206 g/mol. The Morgan fingerprint density at radius 3 is 3.07 bits per heavy atom. The van der Waals surface area contributed by atoms with Crippen LogP contribution in [0.3, 0.4) is 0 Å². The van der Waals surface area contributed by atoms with Gasteiger partial charge in [0.1, 0.15) is 10.8 Å². The van der Waals surface area contributed by atoms with Crippen LogP contribution in [0.5, 0.6) is 5.88 Å². The highest BCUT2D eigenvalue weighted by Crippen LogP contribution is 2.26. The van der Waals surface area contributed by atoms with E-state index in [1.54, 1.807) is 6.07 Å². The van der Waals surface area contributed by atoms with Crippen molar-refractivity contribution in [2.45, 2.75) is 0 Å². The number of methoxy groups -OCH3 is 1. The third kappa shape index (κ3) is 1.22. The lowest BCUT2D eigenvalue weighted by Crippen LogP contribution is -1.90. The van der Waals surface area contributed by atoms with Crippen LogP contribution in [0.15, 0.2) is 6.07 Å². The molecule has 0 bridgehead atoms. The van der Waals surface area contributed by atoms with Gasteiger partial charge in [-0.3, -0.25) is 9.89 Å². The van der Waals surface area contributed by atoms with E-state index in [4.69, 9.17) is 16.3 Å². The highest BCUT2D eigenvalue weighted by atomic mass is 35.5. The maximum atomic E-state index is 10.7. The van der Waals surface area contributed by atoms with Gasteiger partial charge in [0, 0.05) is 6.07 Å². The van der Waals surface area contributed by atoms with Crippen LogP contribution in [0, 0.1) is 0 Å². The fourth-order valence-corrected chi connectivity index (χ4v) is 1.45. The molecule has 2 aromatic heterocycles. The molecular formula is C8H6ClN3O2. The molecule has 2 heterocycles. The number of nitrogens with zero attached hydrogens (tertiary/aromatic N) is 2. The average molecular weight is 212 g/mol. The average Bonchev–Trinajstić information content (AvgIpc) is 2.59. The fraction of sp³-hybridized carbons (Fsp3) is 0.125. The number of carbonyl (C=O) groups excluding carboxylic acids is 1. The van der Waals surface area contributed by atoms with Crippen molar-refractivity contribution in [2.75, 3.05) is 7.11 Å². The first-order chi connectivity index (χ1) is 6.76. The van der Waals surface area contributed by atoms with Gasteiger partial charge < -0.3 is 4.74 Å². The Labute approximate surface area is 84.0 Å². The van der Waals surface area contributed by atoms with Gasteiger partial charge in [0.05, 0.1) is 18.0 Å². The molecule has 0 amide bonds. The van der Waals surface area contributed by atoms with E-state index in [0.717, 1.165) is 0 Å². The Balaban J connectivity index is 2.85. The Kier molecular flexibility index (Phi) is 2.09. The number of H-pyrrole nitrogens is 1. The molecule has 0 unspecified atom stereocenters. The molecule has 0 saturated carbocycles. The number of hydrogen-bond acceptors (Lipinski definition) is 4. The Morgan fingerprint density at radius 1 is 1.64 bits per heavy atom. The van der Waals surface area contributed by atoms with Gasteiger partial charge in [-0.1, -0.05) is 11.6 Å². The zero-order valence-corrected chi connectivity index (χ0v) is 8.00. The molecule has 14 heavy (non-hydrogen) atoms. The number of aldehydes is 1. The number of rotatable bonds is 2. The SMILES string of the molecule is COc1n[nH]c2cc(Cl)nc(C=O)c12. The van der Waals surface area contributed by atoms with Crippen LogP contribution < -0.4 is 4.74 Å². The van der Waals surface area contributed by atoms with Crippen LogP contribution in [-0.4, -0.2) is 28.6 Å². The number of fused-ring (bicyclic) bond motifs is 1. The summed E-state index contributed by atoms with van der Waals surface area (Å²) >= 11 is 5.70. The summed E-state index contributed by atoms with van der Waals surface area (Å²) in [5.74, 6) is 0.339. The minimum Gasteiger partial charge on any atom is -0.479 e. The monoisotopic (exact) mass is 211 g/mol. The lowest BCUT2D eigenvalue weighted by molar-refractivity contribution is 0.112. The molecule has 0 aliphatic heterocycles. The molecule has 0 aliphatic rings. The second-order valence-electron chi connectivity index (χ2n) is 2.60. The molecule has 72 valence electrons. The number of aromatic amines is 1. The standard InChI is InChI=1S/C8H6ClN3O2/c1-14-8-7-4(11-12-8)2-6(9)10-5(7)3-13/h2-3H,1H3,(H,11,12). The number of nitrogens with one attached hydrogen (secondary N) is 1. The number of ether oxygens (including phenoxy) is 1. The van der Waals surface area contributed by atoms with Crippen molar-refractivity contribution in [3.63, 3.8) is 0 Å². The molecule has 0 aliphatic carbocycles. The molecule has 0 fully saturated rings. The van der Waals surface area contributed by atoms with Gasteiger partial charge in [-0.25, -0.2) is 4.98 Å². The zero-order chi connectivity index (χ0) is 10.1. The van der Waals surface area contributed by atoms with E-state index in [1.807, 2.05) is 0 Å². The molecule has 0 aromatic carbocycles. The third-order valence-corrected chi connectivity index (χ3v) is 2.01. The van der Waals surface area contributed by atoms with Crippen LogP contribution in [0.25, 0.3) is 10.9 Å². The highest BCUT2D eigenvalue weighted by Gasteiger charge is 2.12. The number of aromatic nitrogens is 3. The van der Waals surface area contributed by atoms with Crippen molar-refractivity contribution in [3.05, 3.63) is 16.9 Å². The Hall–Kier alpha value is -1.62. The molecule has 0 saturated heterocycles. The topological polar surface area (TPSA) is 67.9 Å². The Morgan fingerprint density at radius 2 is 2.43 bits per heavy atom. The molecule has 1 N–H and O–H groups in total. The number of halogens is 1. The minimum atomic E-state index is 0.220. The van der Waals surface area contributed by atoms with Crippen molar-refractivity contribution in [2.24, 2.45) is 0 Å². The lowest BCUT2D eigenvalue weighted by Gasteiger charge is -1.97.